The first-order valence-electron chi connectivity index (χ1n) is 5.37. The van der Waals surface area contributed by atoms with Crippen molar-refractivity contribution < 1.29 is 46.2 Å². The standard InChI is InChI=1S/C8H16N2O5P2.Mn.H2O/c11-16(12)7-9-1-2-10(8-17(13)14)4-6-15-5-3-9;;/h1-8H2;;1H2/q;+2;/p+2. The molecule has 4 N–H and O–H groups in total. The third-order valence-electron chi connectivity index (χ3n) is 2.48. The minimum absolute atomic E-state index is 0. The zero-order valence-corrected chi connectivity index (χ0v) is 13.4. The Hall–Kier alpha value is 0.479. The van der Waals surface area contributed by atoms with Crippen LogP contribution in [-0.2, 0) is 30.9 Å². The van der Waals surface area contributed by atoms with E-state index in [1.54, 1.807) is 0 Å². The van der Waals surface area contributed by atoms with Crippen LogP contribution in [0.3, 0.4) is 0 Å². The fraction of sp³-hybridized carbons (Fsp3) is 1.00. The molecule has 1 aliphatic rings. The average molecular weight is 357 g/mol. The molecule has 111 valence electrons. The summed E-state index contributed by atoms with van der Waals surface area (Å²) in [6.45, 7) is 3.47. The van der Waals surface area contributed by atoms with E-state index < -0.39 is 16.1 Å². The molecule has 0 amide bonds. The van der Waals surface area contributed by atoms with Gasteiger partial charge in [-0.05, 0) is 9.13 Å². The molecule has 0 aromatic heterocycles. The summed E-state index contributed by atoms with van der Waals surface area (Å²) in [5.41, 5.74) is 0. The Morgan fingerprint density at radius 2 is 1.26 bits per heavy atom. The van der Waals surface area contributed by atoms with Crippen molar-refractivity contribution in [2.75, 3.05) is 52.0 Å². The molecule has 1 fully saturated rings. The van der Waals surface area contributed by atoms with E-state index in [0.717, 1.165) is 0 Å². The van der Waals surface area contributed by atoms with Gasteiger partial charge in [-0.3, -0.25) is 9.80 Å². The molecule has 19 heavy (non-hydrogen) atoms. The number of rotatable bonds is 4. The molecule has 1 rings (SSSR count). The van der Waals surface area contributed by atoms with Crippen LogP contribution in [0.5, 0.6) is 0 Å². The van der Waals surface area contributed by atoms with Crippen LogP contribution in [-0.4, -0.2) is 77.0 Å². The molecule has 1 radical (unpaired) electrons. The van der Waals surface area contributed by atoms with Crippen molar-refractivity contribution >= 4 is 16.1 Å². The maximum absolute atomic E-state index is 10.8. The molecule has 0 aromatic rings. The number of hydrogen-bond donors (Lipinski definition) is 2. The molecule has 0 spiro atoms. The molecule has 2 atom stereocenters. The van der Waals surface area contributed by atoms with Crippen LogP contribution in [0.4, 0.5) is 0 Å². The fourth-order valence-electron chi connectivity index (χ4n) is 1.62. The summed E-state index contributed by atoms with van der Waals surface area (Å²) in [5.74, 6) is 0. The Bertz CT molecular complexity index is 260. The largest absolute Gasteiger partial charge is 2.00 e. The minimum atomic E-state index is -2.19. The van der Waals surface area contributed by atoms with Gasteiger partial charge in [0.05, 0.1) is 13.2 Å². The van der Waals surface area contributed by atoms with E-state index >= 15 is 0 Å². The molecule has 2 unspecified atom stereocenters. The molecule has 11 heteroatoms. The average Bonchev–Trinajstić information content (AvgIpc) is 2.31. The summed E-state index contributed by atoms with van der Waals surface area (Å²) in [6, 6.07) is 0. The van der Waals surface area contributed by atoms with Crippen molar-refractivity contribution in [2.24, 2.45) is 0 Å². The van der Waals surface area contributed by atoms with E-state index in [0.29, 0.717) is 39.4 Å². The Labute approximate surface area is 124 Å². The molecule has 1 saturated heterocycles. The van der Waals surface area contributed by atoms with Gasteiger partial charge in [0.15, 0.2) is 0 Å². The molecule has 0 bridgehead atoms. The van der Waals surface area contributed by atoms with Gasteiger partial charge in [0.1, 0.15) is 0 Å². The van der Waals surface area contributed by atoms with Crippen LogP contribution in [0.15, 0.2) is 0 Å². The number of hydrogen-bond acceptors (Lipinski definition) is 5. The van der Waals surface area contributed by atoms with Gasteiger partial charge in [0, 0.05) is 26.2 Å². The summed E-state index contributed by atoms with van der Waals surface area (Å²) < 4.78 is 26.9. The van der Waals surface area contributed by atoms with Gasteiger partial charge in [0.2, 0.25) is 12.6 Å². The molecule has 0 aliphatic carbocycles. The third kappa shape index (κ3) is 10.9. The summed E-state index contributed by atoms with van der Waals surface area (Å²) in [6.07, 6.45) is 0.246. The van der Waals surface area contributed by atoms with Gasteiger partial charge in [-0.2, -0.15) is 9.79 Å². The van der Waals surface area contributed by atoms with Crippen molar-refractivity contribution in [1.29, 1.82) is 0 Å². The number of ether oxygens (including phenoxy) is 1. The van der Waals surface area contributed by atoms with Crippen molar-refractivity contribution in [3.05, 3.63) is 0 Å². The third-order valence-corrected chi connectivity index (χ3v) is 3.76. The normalized spacial score (nSPS) is 20.1. The zero-order chi connectivity index (χ0) is 12.7. The smallest absolute Gasteiger partial charge is 0.412 e. The first-order valence-corrected chi connectivity index (χ1v) is 8.17. The van der Waals surface area contributed by atoms with Gasteiger partial charge in [-0.25, -0.2) is 0 Å². The zero-order valence-electron chi connectivity index (χ0n) is 10.4. The van der Waals surface area contributed by atoms with Crippen LogP contribution in [0.1, 0.15) is 0 Å². The van der Waals surface area contributed by atoms with Crippen LogP contribution in [0.25, 0.3) is 0 Å². The fourth-order valence-corrected chi connectivity index (χ4v) is 2.87. The minimum Gasteiger partial charge on any atom is -0.412 e. The molecule has 1 heterocycles. The second-order valence-corrected chi connectivity index (χ2v) is 5.81. The summed E-state index contributed by atoms with van der Waals surface area (Å²) in [7, 11) is -4.38. The monoisotopic (exact) mass is 357 g/mol. The first-order chi connectivity index (χ1) is 8.08. The predicted molar refractivity (Wildman–Crippen MR) is 67.0 cm³/mol. The van der Waals surface area contributed by atoms with E-state index in [2.05, 4.69) is 0 Å². The van der Waals surface area contributed by atoms with E-state index in [1.165, 1.54) is 0 Å². The molecule has 8 nitrogen and oxygen atoms in total. The van der Waals surface area contributed by atoms with Gasteiger partial charge in [-0.15, -0.1) is 0 Å². The quantitative estimate of drug-likeness (QED) is 0.498. The van der Waals surface area contributed by atoms with Gasteiger partial charge < -0.3 is 10.2 Å². The summed E-state index contributed by atoms with van der Waals surface area (Å²) in [5, 5.41) is 0. The van der Waals surface area contributed by atoms with Crippen LogP contribution >= 0.6 is 16.1 Å². The van der Waals surface area contributed by atoms with Crippen molar-refractivity contribution in [3.8, 4) is 0 Å². The molecular weight excluding hydrogens is 337 g/mol. The second kappa shape index (κ2) is 12.2. The van der Waals surface area contributed by atoms with E-state index in [4.69, 9.17) is 14.5 Å². The van der Waals surface area contributed by atoms with Crippen LogP contribution in [0, 0.1) is 0 Å². The Morgan fingerprint density at radius 1 is 0.895 bits per heavy atom. The van der Waals surface area contributed by atoms with Crippen molar-refractivity contribution in [1.82, 2.24) is 9.80 Å². The Morgan fingerprint density at radius 3 is 1.58 bits per heavy atom. The van der Waals surface area contributed by atoms with E-state index in [1.807, 2.05) is 9.80 Å². The Kier molecular flexibility index (Phi) is 14.0. The predicted octanol–water partition coefficient (Wildman–Crippen LogP) is -0.822. The van der Waals surface area contributed by atoms with Crippen LogP contribution < -0.4 is 0 Å². The van der Waals surface area contributed by atoms with Gasteiger partial charge in [-0.1, -0.05) is 0 Å². The number of nitrogens with zero attached hydrogens (tertiary/aromatic N) is 2. The molecule has 0 saturated carbocycles. The Balaban J connectivity index is 0. The molecule has 1 aliphatic heterocycles. The van der Waals surface area contributed by atoms with E-state index in [-0.39, 0.29) is 35.1 Å². The maximum atomic E-state index is 10.8. The van der Waals surface area contributed by atoms with Crippen molar-refractivity contribution in [2.45, 2.75) is 0 Å². The molecule has 0 aromatic carbocycles. The van der Waals surface area contributed by atoms with Gasteiger partial charge in [0.25, 0.3) is 0 Å². The molecular formula is C8H20MnN2O6P2+4. The second-order valence-electron chi connectivity index (χ2n) is 3.84. The van der Waals surface area contributed by atoms with Crippen molar-refractivity contribution in [3.63, 3.8) is 0 Å². The summed E-state index contributed by atoms with van der Waals surface area (Å²) >= 11 is 0. The van der Waals surface area contributed by atoms with Gasteiger partial charge >= 0.3 is 33.1 Å². The SMILES string of the molecule is O.O=[P+](O)CN1CCOCCN(C[P+](=O)O)CC1.[Mn+2]. The van der Waals surface area contributed by atoms with E-state index in [9.17, 15) is 9.13 Å². The topological polar surface area (TPSA) is 122 Å². The summed E-state index contributed by atoms with van der Waals surface area (Å²) in [4.78, 5) is 21.4. The maximum Gasteiger partial charge on any atom is 2.00 e. The first kappa shape index (κ1) is 21.8. The van der Waals surface area contributed by atoms with Crippen LogP contribution in [0.2, 0.25) is 0 Å².